The van der Waals surface area contributed by atoms with Crippen LogP contribution in [0.2, 0.25) is 0 Å². The molecule has 0 aliphatic heterocycles. The molecule has 3 aromatic heterocycles. The van der Waals surface area contributed by atoms with Crippen LogP contribution in [0.15, 0.2) is 180 Å². The topological polar surface area (TPSA) is 114 Å². The molecule has 0 saturated heterocycles. The maximum Gasteiger partial charge on any atom is 0.167 e. The van der Waals surface area contributed by atoms with Crippen molar-refractivity contribution in [1.82, 2.24) is 29.9 Å². The van der Waals surface area contributed by atoms with Crippen LogP contribution in [0, 0.1) is 11.3 Å². The number of hydrogen-bond acceptors (Lipinski definition) is 8. The highest BCUT2D eigenvalue weighted by atomic mass is 16.3. The predicted octanol–water partition coefficient (Wildman–Crippen LogP) is 11.5. The van der Waals surface area contributed by atoms with E-state index in [0.717, 1.165) is 55.3 Å². The molecule has 0 amide bonds. The number of furan rings is 1. The van der Waals surface area contributed by atoms with Crippen molar-refractivity contribution < 1.29 is 4.42 Å². The Balaban J connectivity index is 1.09. The molecule has 0 radical (unpaired) electrons. The number of para-hydroxylation sites is 1. The van der Waals surface area contributed by atoms with Gasteiger partial charge in [0.15, 0.2) is 34.9 Å². The average molecular weight is 732 g/mol. The third-order valence-corrected chi connectivity index (χ3v) is 9.86. The van der Waals surface area contributed by atoms with Crippen molar-refractivity contribution in [2.45, 2.75) is 0 Å². The molecule has 8 heteroatoms. The summed E-state index contributed by atoms with van der Waals surface area (Å²) < 4.78 is 6.61. The summed E-state index contributed by atoms with van der Waals surface area (Å²) >= 11 is 0. The second kappa shape index (κ2) is 14.3. The Hall–Kier alpha value is -8.15. The molecule has 10 aromatic rings. The first-order valence-corrected chi connectivity index (χ1v) is 18.4. The normalized spacial score (nSPS) is 11.1. The van der Waals surface area contributed by atoms with Gasteiger partial charge in [0.05, 0.1) is 17.2 Å². The predicted molar refractivity (Wildman–Crippen MR) is 223 cm³/mol. The van der Waals surface area contributed by atoms with Crippen LogP contribution in [0.3, 0.4) is 0 Å². The molecule has 3 heterocycles. The van der Waals surface area contributed by atoms with Gasteiger partial charge in [-0.1, -0.05) is 146 Å². The SMILES string of the molecule is N#Cc1ccccc1-c1ccc(-c2nc(-c3ccccc3)nc(-c3cccc4c3oc3ccc(-c5nc(-c6ccccc6)nc(-c6ccccc6)n5)cc34)n2)cc1. The molecule has 0 N–H and O–H groups in total. The summed E-state index contributed by atoms with van der Waals surface area (Å²) in [6.07, 6.45) is 0. The molecule has 0 unspecified atom stereocenters. The van der Waals surface area contributed by atoms with Crippen molar-refractivity contribution in [1.29, 1.82) is 5.26 Å². The first-order valence-electron chi connectivity index (χ1n) is 18.4. The van der Waals surface area contributed by atoms with Crippen molar-refractivity contribution in [3.63, 3.8) is 0 Å². The van der Waals surface area contributed by atoms with Gasteiger partial charge < -0.3 is 4.42 Å². The molecule has 0 saturated carbocycles. The molecule has 7 aromatic carbocycles. The Kier molecular flexibility index (Phi) is 8.36. The smallest absolute Gasteiger partial charge is 0.167 e. The van der Waals surface area contributed by atoms with Crippen LogP contribution in [-0.2, 0) is 0 Å². The number of fused-ring (bicyclic) bond motifs is 3. The molecule has 0 spiro atoms. The summed E-state index contributed by atoms with van der Waals surface area (Å²) in [7, 11) is 0. The van der Waals surface area contributed by atoms with Crippen molar-refractivity contribution in [3.8, 4) is 85.5 Å². The van der Waals surface area contributed by atoms with Gasteiger partial charge in [0, 0.05) is 38.6 Å². The third-order valence-electron chi connectivity index (χ3n) is 9.86. The van der Waals surface area contributed by atoms with Gasteiger partial charge in [-0.25, -0.2) is 29.9 Å². The number of benzene rings is 7. The number of nitriles is 1. The van der Waals surface area contributed by atoms with Gasteiger partial charge in [-0.15, -0.1) is 0 Å². The standard InChI is InChI=1S/C49H29N7O/c50-30-37-19-10-11-20-38(37)31-23-25-35(26-24-31)47-52-46(34-17-8-3-9-18-34)55-49(56-47)40-22-12-21-39-41-29-36(27-28-42(41)57-43(39)40)48-53-44(32-13-4-1-5-14-32)51-45(54-48)33-15-6-2-7-16-33/h1-29H. The minimum absolute atomic E-state index is 0.486. The minimum atomic E-state index is 0.486. The fraction of sp³-hybridized carbons (Fsp3) is 0. The Morgan fingerprint density at radius 3 is 1.35 bits per heavy atom. The lowest BCUT2D eigenvalue weighted by Crippen LogP contribution is -2.00. The fourth-order valence-corrected chi connectivity index (χ4v) is 7.02. The molecular weight excluding hydrogens is 703 g/mol. The highest BCUT2D eigenvalue weighted by Gasteiger charge is 2.19. The molecule has 10 rings (SSSR count). The minimum Gasteiger partial charge on any atom is -0.455 e. The summed E-state index contributed by atoms with van der Waals surface area (Å²) in [6.45, 7) is 0. The zero-order valence-corrected chi connectivity index (χ0v) is 30.3. The summed E-state index contributed by atoms with van der Waals surface area (Å²) in [5.74, 6) is 3.31. The zero-order valence-electron chi connectivity index (χ0n) is 30.3. The van der Waals surface area contributed by atoms with Crippen LogP contribution in [0.4, 0.5) is 0 Å². The van der Waals surface area contributed by atoms with Gasteiger partial charge in [0.1, 0.15) is 11.2 Å². The van der Waals surface area contributed by atoms with Crippen LogP contribution < -0.4 is 0 Å². The van der Waals surface area contributed by atoms with Crippen molar-refractivity contribution in [3.05, 3.63) is 181 Å². The molecule has 0 aliphatic carbocycles. The van der Waals surface area contributed by atoms with Gasteiger partial charge in [-0.05, 0) is 41.5 Å². The Labute approximate surface area is 327 Å². The molecular formula is C49H29N7O. The number of nitrogens with zero attached hydrogens (tertiary/aromatic N) is 7. The monoisotopic (exact) mass is 731 g/mol. The van der Waals surface area contributed by atoms with E-state index >= 15 is 0 Å². The average Bonchev–Trinajstić information content (AvgIpc) is 3.68. The molecule has 8 nitrogen and oxygen atoms in total. The van der Waals surface area contributed by atoms with Gasteiger partial charge in [-0.3, -0.25) is 0 Å². The quantitative estimate of drug-likeness (QED) is 0.159. The van der Waals surface area contributed by atoms with E-state index in [0.29, 0.717) is 51.7 Å². The summed E-state index contributed by atoms with van der Waals surface area (Å²) in [6, 6.07) is 59.6. The maximum absolute atomic E-state index is 9.68. The second-order valence-electron chi connectivity index (χ2n) is 13.4. The van der Waals surface area contributed by atoms with E-state index in [1.165, 1.54) is 0 Å². The zero-order chi connectivity index (χ0) is 38.1. The van der Waals surface area contributed by atoms with Gasteiger partial charge in [-0.2, -0.15) is 5.26 Å². The molecule has 0 bridgehead atoms. The Morgan fingerprint density at radius 1 is 0.351 bits per heavy atom. The van der Waals surface area contributed by atoms with Crippen LogP contribution in [-0.4, -0.2) is 29.9 Å². The lowest BCUT2D eigenvalue weighted by Gasteiger charge is -2.10. The van der Waals surface area contributed by atoms with Crippen LogP contribution >= 0.6 is 0 Å². The fourth-order valence-electron chi connectivity index (χ4n) is 7.02. The maximum atomic E-state index is 9.68. The van der Waals surface area contributed by atoms with E-state index in [1.54, 1.807) is 0 Å². The van der Waals surface area contributed by atoms with E-state index in [2.05, 4.69) is 12.1 Å². The molecule has 0 fully saturated rings. The second-order valence-corrected chi connectivity index (χ2v) is 13.4. The van der Waals surface area contributed by atoms with Crippen molar-refractivity contribution in [2.75, 3.05) is 0 Å². The first kappa shape index (κ1) is 33.4. The van der Waals surface area contributed by atoms with Crippen LogP contribution in [0.5, 0.6) is 0 Å². The van der Waals surface area contributed by atoms with E-state index in [9.17, 15) is 5.26 Å². The van der Waals surface area contributed by atoms with Crippen molar-refractivity contribution >= 4 is 21.9 Å². The largest absolute Gasteiger partial charge is 0.455 e. The van der Waals surface area contributed by atoms with Crippen LogP contribution in [0.1, 0.15) is 5.56 Å². The Morgan fingerprint density at radius 2 is 0.789 bits per heavy atom. The lowest BCUT2D eigenvalue weighted by atomic mass is 9.99. The summed E-state index contributed by atoms with van der Waals surface area (Å²) in [5, 5.41) is 11.5. The van der Waals surface area contributed by atoms with Crippen molar-refractivity contribution in [2.24, 2.45) is 0 Å². The van der Waals surface area contributed by atoms with Gasteiger partial charge >= 0.3 is 0 Å². The molecule has 0 aliphatic rings. The molecule has 57 heavy (non-hydrogen) atoms. The van der Waals surface area contributed by atoms with E-state index < -0.39 is 0 Å². The third kappa shape index (κ3) is 6.35. The Bertz CT molecular complexity index is 3060. The first-order chi connectivity index (χ1) is 28.2. The number of rotatable bonds is 7. The summed E-state index contributed by atoms with van der Waals surface area (Å²) in [4.78, 5) is 29.7. The lowest BCUT2D eigenvalue weighted by molar-refractivity contribution is 0.669. The number of aromatic nitrogens is 6. The number of hydrogen-bond donors (Lipinski definition) is 0. The molecule has 0 atom stereocenters. The highest BCUT2D eigenvalue weighted by Crippen LogP contribution is 2.38. The van der Waals surface area contributed by atoms with Gasteiger partial charge in [0.2, 0.25) is 0 Å². The van der Waals surface area contributed by atoms with E-state index in [-0.39, 0.29) is 0 Å². The van der Waals surface area contributed by atoms with E-state index in [4.69, 9.17) is 34.3 Å². The highest BCUT2D eigenvalue weighted by molar-refractivity contribution is 6.10. The molecule has 266 valence electrons. The summed E-state index contributed by atoms with van der Waals surface area (Å²) in [5.41, 5.74) is 8.87. The van der Waals surface area contributed by atoms with Crippen LogP contribution in [0.25, 0.3) is 101 Å². The van der Waals surface area contributed by atoms with E-state index in [1.807, 2.05) is 170 Å². The van der Waals surface area contributed by atoms with Gasteiger partial charge in [0.25, 0.3) is 0 Å².